The van der Waals surface area contributed by atoms with Gasteiger partial charge in [0.25, 0.3) is 0 Å². The van der Waals surface area contributed by atoms with Crippen molar-refractivity contribution in [1.29, 1.82) is 0 Å². The van der Waals surface area contributed by atoms with E-state index in [0.29, 0.717) is 6.42 Å². The Morgan fingerprint density at radius 1 is 1.33 bits per heavy atom. The van der Waals surface area contributed by atoms with Crippen LogP contribution in [0.1, 0.15) is 37.9 Å². The van der Waals surface area contributed by atoms with Crippen molar-refractivity contribution in [3.63, 3.8) is 0 Å². The Bertz CT molecular complexity index is 264. The van der Waals surface area contributed by atoms with Crippen LogP contribution in [0.15, 0.2) is 22.8 Å². The van der Waals surface area contributed by atoms with Crippen molar-refractivity contribution in [3.05, 3.63) is 24.2 Å². The van der Waals surface area contributed by atoms with Gasteiger partial charge in [-0.05, 0) is 25.0 Å². The number of unbranched alkanes of at least 4 members (excludes halogenated alkanes) is 3. The number of hydrogen-bond acceptors (Lipinski definition) is 3. The van der Waals surface area contributed by atoms with Gasteiger partial charge in [0, 0.05) is 12.8 Å². The van der Waals surface area contributed by atoms with Crippen LogP contribution in [0.4, 0.5) is 0 Å². The van der Waals surface area contributed by atoms with Crippen molar-refractivity contribution in [3.8, 4) is 0 Å². The van der Waals surface area contributed by atoms with Crippen molar-refractivity contribution in [2.45, 2.75) is 38.5 Å². The highest BCUT2D eigenvalue weighted by Crippen LogP contribution is 2.09. The van der Waals surface area contributed by atoms with Gasteiger partial charge in [0.15, 0.2) is 0 Å². The molecule has 0 spiro atoms. The summed E-state index contributed by atoms with van der Waals surface area (Å²) in [4.78, 5) is 10.8. The van der Waals surface area contributed by atoms with Crippen molar-refractivity contribution in [2.75, 3.05) is 7.11 Å². The fourth-order valence-electron chi connectivity index (χ4n) is 1.48. The molecule has 0 unspecified atom stereocenters. The molecule has 84 valence electrons. The summed E-state index contributed by atoms with van der Waals surface area (Å²) >= 11 is 0. The molecule has 0 aliphatic rings. The van der Waals surface area contributed by atoms with E-state index >= 15 is 0 Å². The highest BCUT2D eigenvalue weighted by atomic mass is 16.5. The van der Waals surface area contributed by atoms with Gasteiger partial charge in [-0.3, -0.25) is 4.79 Å². The Kier molecular flexibility index (Phi) is 5.59. The van der Waals surface area contributed by atoms with Gasteiger partial charge in [0.1, 0.15) is 5.76 Å². The first-order valence-electron chi connectivity index (χ1n) is 5.42. The fourth-order valence-corrected chi connectivity index (χ4v) is 1.48. The number of furan rings is 1. The lowest BCUT2D eigenvalue weighted by Crippen LogP contribution is -1.99. The molecule has 0 atom stereocenters. The normalized spacial score (nSPS) is 10.2. The number of ether oxygens (including phenoxy) is 1. The van der Waals surface area contributed by atoms with E-state index in [2.05, 4.69) is 4.74 Å². The molecule has 0 bridgehead atoms. The molecule has 0 aliphatic heterocycles. The van der Waals surface area contributed by atoms with Crippen LogP contribution < -0.4 is 0 Å². The zero-order valence-corrected chi connectivity index (χ0v) is 9.20. The molecule has 1 aromatic rings. The standard InChI is InChI=1S/C12H18O3/c1-14-12(13)9-5-3-2-4-7-11-8-6-10-15-11/h6,8,10H,2-5,7,9H2,1H3. The van der Waals surface area contributed by atoms with Gasteiger partial charge in [-0.25, -0.2) is 0 Å². The third kappa shape index (κ3) is 5.25. The zero-order valence-electron chi connectivity index (χ0n) is 9.20. The first kappa shape index (κ1) is 11.8. The predicted octanol–water partition coefficient (Wildman–Crippen LogP) is 2.95. The Hall–Kier alpha value is -1.25. The predicted molar refractivity (Wildman–Crippen MR) is 57.5 cm³/mol. The second kappa shape index (κ2) is 7.10. The summed E-state index contributed by atoms with van der Waals surface area (Å²) in [5.41, 5.74) is 0. The van der Waals surface area contributed by atoms with E-state index in [1.807, 2.05) is 12.1 Å². The topological polar surface area (TPSA) is 39.4 Å². The highest BCUT2D eigenvalue weighted by Gasteiger charge is 1.99. The Labute approximate surface area is 90.4 Å². The number of rotatable bonds is 7. The van der Waals surface area contributed by atoms with E-state index in [-0.39, 0.29) is 5.97 Å². The summed E-state index contributed by atoms with van der Waals surface area (Å²) in [6, 6.07) is 3.90. The molecule has 0 aromatic carbocycles. The van der Waals surface area contributed by atoms with Gasteiger partial charge in [-0.15, -0.1) is 0 Å². The van der Waals surface area contributed by atoms with Crippen LogP contribution in [0, 0.1) is 0 Å². The van der Waals surface area contributed by atoms with Gasteiger partial charge in [-0.2, -0.15) is 0 Å². The second-order valence-electron chi connectivity index (χ2n) is 3.57. The summed E-state index contributed by atoms with van der Waals surface area (Å²) in [6.45, 7) is 0. The molecule has 3 nitrogen and oxygen atoms in total. The largest absolute Gasteiger partial charge is 0.469 e. The third-order valence-electron chi connectivity index (χ3n) is 2.36. The van der Waals surface area contributed by atoms with Crippen LogP contribution in [0.2, 0.25) is 0 Å². The molecule has 1 aromatic heterocycles. The van der Waals surface area contributed by atoms with Crippen LogP contribution in [0.5, 0.6) is 0 Å². The van der Waals surface area contributed by atoms with E-state index < -0.39 is 0 Å². The average Bonchev–Trinajstić information content (AvgIpc) is 2.75. The summed E-state index contributed by atoms with van der Waals surface area (Å²) in [7, 11) is 1.43. The van der Waals surface area contributed by atoms with Gasteiger partial charge in [-0.1, -0.05) is 12.8 Å². The van der Waals surface area contributed by atoms with Crippen molar-refractivity contribution in [1.82, 2.24) is 0 Å². The molecule has 0 saturated heterocycles. The van der Waals surface area contributed by atoms with Gasteiger partial charge >= 0.3 is 5.97 Å². The minimum absolute atomic E-state index is 0.110. The number of carbonyl (C=O) groups excluding carboxylic acids is 1. The van der Waals surface area contributed by atoms with Gasteiger partial charge < -0.3 is 9.15 Å². The lowest BCUT2D eigenvalue weighted by Gasteiger charge is -1.99. The maximum Gasteiger partial charge on any atom is 0.305 e. The number of esters is 1. The van der Waals surface area contributed by atoms with Crippen LogP contribution in [-0.2, 0) is 16.0 Å². The number of methoxy groups -OCH3 is 1. The smallest absolute Gasteiger partial charge is 0.305 e. The number of carbonyl (C=O) groups is 1. The minimum atomic E-state index is -0.110. The van der Waals surface area contributed by atoms with E-state index in [9.17, 15) is 4.79 Å². The SMILES string of the molecule is COC(=O)CCCCCCc1ccco1. The Balaban J connectivity index is 1.91. The summed E-state index contributed by atoms with van der Waals surface area (Å²) in [5, 5.41) is 0. The highest BCUT2D eigenvalue weighted by molar-refractivity contribution is 5.68. The molecular weight excluding hydrogens is 192 g/mol. The first-order valence-corrected chi connectivity index (χ1v) is 5.42. The lowest BCUT2D eigenvalue weighted by atomic mass is 10.1. The summed E-state index contributed by atoms with van der Waals surface area (Å²) in [5.74, 6) is 0.934. The van der Waals surface area contributed by atoms with E-state index in [4.69, 9.17) is 4.42 Å². The van der Waals surface area contributed by atoms with E-state index in [0.717, 1.165) is 37.9 Å². The molecule has 15 heavy (non-hydrogen) atoms. The summed E-state index contributed by atoms with van der Waals surface area (Å²) < 4.78 is 9.78. The number of hydrogen-bond donors (Lipinski definition) is 0. The monoisotopic (exact) mass is 210 g/mol. The minimum Gasteiger partial charge on any atom is -0.469 e. The van der Waals surface area contributed by atoms with Crippen LogP contribution >= 0.6 is 0 Å². The Morgan fingerprint density at radius 2 is 2.13 bits per heavy atom. The van der Waals surface area contributed by atoms with Gasteiger partial charge in [0.2, 0.25) is 0 Å². The van der Waals surface area contributed by atoms with Crippen LogP contribution in [0.3, 0.4) is 0 Å². The maximum absolute atomic E-state index is 10.8. The molecule has 1 rings (SSSR count). The van der Waals surface area contributed by atoms with E-state index in [1.54, 1.807) is 6.26 Å². The lowest BCUT2D eigenvalue weighted by molar-refractivity contribution is -0.140. The third-order valence-corrected chi connectivity index (χ3v) is 2.36. The van der Waals surface area contributed by atoms with Crippen LogP contribution in [0.25, 0.3) is 0 Å². The van der Waals surface area contributed by atoms with Crippen molar-refractivity contribution < 1.29 is 13.9 Å². The van der Waals surface area contributed by atoms with Crippen molar-refractivity contribution >= 4 is 5.97 Å². The molecular formula is C12H18O3. The molecule has 0 amide bonds. The molecule has 0 fully saturated rings. The molecule has 3 heteroatoms. The maximum atomic E-state index is 10.8. The van der Waals surface area contributed by atoms with Gasteiger partial charge in [0.05, 0.1) is 13.4 Å². The molecule has 0 aliphatic carbocycles. The fraction of sp³-hybridized carbons (Fsp3) is 0.583. The molecule has 0 saturated carbocycles. The quantitative estimate of drug-likeness (QED) is 0.513. The first-order chi connectivity index (χ1) is 7.33. The molecule has 1 heterocycles. The second-order valence-corrected chi connectivity index (χ2v) is 3.57. The number of aryl methyl sites for hydroxylation is 1. The van der Waals surface area contributed by atoms with Crippen molar-refractivity contribution in [2.24, 2.45) is 0 Å². The summed E-state index contributed by atoms with van der Waals surface area (Å²) in [6.07, 6.45) is 7.49. The molecule has 0 N–H and O–H groups in total. The zero-order chi connectivity index (χ0) is 10.9. The average molecular weight is 210 g/mol. The van der Waals surface area contributed by atoms with Crippen LogP contribution in [-0.4, -0.2) is 13.1 Å². The van der Waals surface area contributed by atoms with E-state index in [1.165, 1.54) is 7.11 Å². The molecule has 0 radical (unpaired) electrons. The Morgan fingerprint density at radius 3 is 2.80 bits per heavy atom.